The summed E-state index contributed by atoms with van der Waals surface area (Å²) in [6.45, 7) is 2.23. The first-order valence-electron chi connectivity index (χ1n) is 5.83. The SMILES string of the molecule is NC(=S)C1CCCCN1CCc1cccs1. The van der Waals surface area contributed by atoms with Crippen LogP contribution in [-0.2, 0) is 6.42 Å². The predicted octanol–water partition coefficient (Wildman–Crippen LogP) is 2.43. The van der Waals surface area contributed by atoms with Crippen LogP contribution in [0.2, 0.25) is 0 Å². The molecular formula is C12H18N2S2. The molecule has 0 saturated carbocycles. The Bertz CT molecular complexity index is 335. The molecule has 2 nitrogen and oxygen atoms in total. The van der Waals surface area contributed by atoms with Crippen molar-refractivity contribution in [1.82, 2.24) is 4.90 Å². The van der Waals surface area contributed by atoms with Gasteiger partial charge in [0.25, 0.3) is 0 Å². The molecule has 0 bridgehead atoms. The first-order chi connectivity index (χ1) is 7.77. The summed E-state index contributed by atoms with van der Waals surface area (Å²) < 4.78 is 0. The van der Waals surface area contributed by atoms with E-state index in [1.165, 1.54) is 17.7 Å². The number of nitrogens with zero attached hydrogens (tertiary/aromatic N) is 1. The van der Waals surface area contributed by atoms with E-state index in [1.807, 2.05) is 11.3 Å². The lowest BCUT2D eigenvalue weighted by molar-refractivity contribution is 0.195. The molecule has 0 aliphatic carbocycles. The van der Waals surface area contributed by atoms with E-state index in [0.29, 0.717) is 11.0 Å². The lowest BCUT2D eigenvalue weighted by Gasteiger charge is -2.34. The third-order valence-electron chi connectivity index (χ3n) is 3.17. The number of hydrogen-bond acceptors (Lipinski definition) is 3. The summed E-state index contributed by atoms with van der Waals surface area (Å²) in [4.78, 5) is 4.57. The van der Waals surface area contributed by atoms with Gasteiger partial charge in [0.2, 0.25) is 0 Å². The highest BCUT2D eigenvalue weighted by Crippen LogP contribution is 2.18. The van der Waals surface area contributed by atoms with Gasteiger partial charge in [-0.2, -0.15) is 0 Å². The number of likely N-dealkylation sites (tertiary alicyclic amines) is 1. The number of hydrogen-bond donors (Lipinski definition) is 1. The van der Waals surface area contributed by atoms with Crippen LogP contribution in [0.3, 0.4) is 0 Å². The molecule has 88 valence electrons. The van der Waals surface area contributed by atoms with E-state index in [9.17, 15) is 0 Å². The molecule has 1 aliphatic heterocycles. The topological polar surface area (TPSA) is 29.3 Å². The quantitative estimate of drug-likeness (QED) is 0.837. The highest BCUT2D eigenvalue weighted by molar-refractivity contribution is 7.80. The monoisotopic (exact) mass is 254 g/mol. The molecule has 0 radical (unpaired) electrons. The maximum Gasteiger partial charge on any atom is 0.0902 e. The molecule has 1 aliphatic rings. The van der Waals surface area contributed by atoms with Gasteiger partial charge in [0.1, 0.15) is 0 Å². The zero-order valence-electron chi connectivity index (χ0n) is 9.39. The molecule has 0 spiro atoms. The highest BCUT2D eigenvalue weighted by atomic mass is 32.1. The zero-order valence-corrected chi connectivity index (χ0v) is 11.0. The van der Waals surface area contributed by atoms with Crippen molar-refractivity contribution >= 4 is 28.5 Å². The Labute approximate surface area is 106 Å². The summed E-state index contributed by atoms with van der Waals surface area (Å²) in [5, 5.41) is 2.14. The summed E-state index contributed by atoms with van der Waals surface area (Å²) in [5.74, 6) is 0. The van der Waals surface area contributed by atoms with Crippen LogP contribution in [0.1, 0.15) is 24.1 Å². The summed E-state index contributed by atoms with van der Waals surface area (Å²) in [6, 6.07) is 4.65. The Morgan fingerprint density at radius 1 is 1.56 bits per heavy atom. The van der Waals surface area contributed by atoms with Gasteiger partial charge in [-0.05, 0) is 37.3 Å². The van der Waals surface area contributed by atoms with Gasteiger partial charge in [0, 0.05) is 11.4 Å². The van der Waals surface area contributed by atoms with E-state index < -0.39 is 0 Å². The van der Waals surface area contributed by atoms with Gasteiger partial charge in [0.05, 0.1) is 11.0 Å². The van der Waals surface area contributed by atoms with E-state index >= 15 is 0 Å². The fourth-order valence-electron chi connectivity index (χ4n) is 2.29. The van der Waals surface area contributed by atoms with Crippen LogP contribution in [0.5, 0.6) is 0 Å². The number of rotatable bonds is 4. The maximum absolute atomic E-state index is 5.80. The fourth-order valence-corrected chi connectivity index (χ4v) is 3.25. The Balaban J connectivity index is 1.89. The molecule has 1 aromatic rings. The van der Waals surface area contributed by atoms with Crippen molar-refractivity contribution in [2.45, 2.75) is 31.7 Å². The fraction of sp³-hybridized carbons (Fsp3) is 0.583. The average molecular weight is 254 g/mol. The van der Waals surface area contributed by atoms with Gasteiger partial charge >= 0.3 is 0 Å². The zero-order chi connectivity index (χ0) is 11.4. The van der Waals surface area contributed by atoms with Gasteiger partial charge in [-0.15, -0.1) is 11.3 Å². The molecule has 1 aromatic heterocycles. The van der Waals surface area contributed by atoms with Crippen molar-refractivity contribution in [3.63, 3.8) is 0 Å². The summed E-state index contributed by atoms with van der Waals surface area (Å²) in [6.07, 6.45) is 4.80. The smallest absolute Gasteiger partial charge is 0.0902 e. The number of thiophene rings is 1. The van der Waals surface area contributed by atoms with Crippen LogP contribution in [0.15, 0.2) is 17.5 Å². The van der Waals surface area contributed by atoms with Gasteiger partial charge in [0.15, 0.2) is 0 Å². The lowest BCUT2D eigenvalue weighted by Crippen LogP contribution is -2.47. The Morgan fingerprint density at radius 3 is 3.12 bits per heavy atom. The summed E-state index contributed by atoms with van der Waals surface area (Å²) in [7, 11) is 0. The standard InChI is InChI=1S/C12H18N2S2/c13-12(15)11-5-1-2-7-14(11)8-6-10-4-3-9-16-10/h3-4,9,11H,1-2,5-8H2,(H2,13,15). The lowest BCUT2D eigenvalue weighted by atomic mass is 10.0. The second kappa shape index (κ2) is 5.75. The van der Waals surface area contributed by atoms with E-state index in [1.54, 1.807) is 0 Å². The van der Waals surface area contributed by atoms with E-state index in [4.69, 9.17) is 18.0 Å². The van der Waals surface area contributed by atoms with Crippen molar-refractivity contribution < 1.29 is 0 Å². The minimum Gasteiger partial charge on any atom is -0.392 e. The first-order valence-corrected chi connectivity index (χ1v) is 7.12. The Morgan fingerprint density at radius 2 is 2.44 bits per heavy atom. The molecule has 1 fully saturated rings. The molecule has 4 heteroatoms. The molecular weight excluding hydrogens is 236 g/mol. The van der Waals surface area contributed by atoms with Crippen molar-refractivity contribution in [2.24, 2.45) is 5.73 Å². The summed E-state index contributed by atoms with van der Waals surface area (Å²) in [5.41, 5.74) is 5.80. The molecule has 1 saturated heterocycles. The average Bonchev–Trinajstić information content (AvgIpc) is 2.79. The second-order valence-electron chi connectivity index (χ2n) is 4.28. The maximum atomic E-state index is 5.80. The van der Waals surface area contributed by atoms with E-state index in [2.05, 4.69) is 22.4 Å². The number of thiocarbonyl (C=S) groups is 1. The molecule has 0 amide bonds. The van der Waals surface area contributed by atoms with Crippen molar-refractivity contribution in [2.75, 3.05) is 13.1 Å². The second-order valence-corrected chi connectivity index (χ2v) is 5.78. The molecule has 1 unspecified atom stereocenters. The van der Waals surface area contributed by atoms with Crippen molar-refractivity contribution in [1.29, 1.82) is 0 Å². The molecule has 1 atom stereocenters. The predicted molar refractivity (Wildman–Crippen MR) is 74.0 cm³/mol. The van der Waals surface area contributed by atoms with Gasteiger partial charge in [-0.3, -0.25) is 4.90 Å². The number of nitrogens with two attached hydrogens (primary N) is 1. The molecule has 16 heavy (non-hydrogen) atoms. The summed E-state index contributed by atoms with van der Waals surface area (Å²) >= 11 is 6.98. The largest absolute Gasteiger partial charge is 0.392 e. The van der Waals surface area contributed by atoms with Crippen LogP contribution in [0, 0.1) is 0 Å². The molecule has 2 heterocycles. The van der Waals surface area contributed by atoms with Crippen LogP contribution < -0.4 is 5.73 Å². The molecule has 2 rings (SSSR count). The van der Waals surface area contributed by atoms with Gasteiger partial charge in [-0.1, -0.05) is 24.7 Å². The highest BCUT2D eigenvalue weighted by Gasteiger charge is 2.23. The van der Waals surface area contributed by atoms with Crippen LogP contribution in [0.4, 0.5) is 0 Å². The molecule has 2 N–H and O–H groups in total. The van der Waals surface area contributed by atoms with Crippen molar-refractivity contribution in [3.05, 3.63) is 22.4 Å². The Hall–Kier alpha value is -0.450. The minimum atomic E-state index is 0.337. The number of piperidine rings is 1. The van der Waals surface area contributed by atoms with E-state index in [-0.39, 0.29) is 0 Å². The van der Waals surface area contributed by atoms with Gasteiger partial charge in [-0.25, -0.2) is 0 Å². The third-order valence-corrected chi connectivity index (χ3v) is 4.38. The van der Waals surface area contributed by atoms with Crippen LogP contribution in [0.25, 0.3) is 0 Å². The van der Waals surface area contributed by atoms with Gasteiger partial charge < -0.3 is 5.73 Å². The first kappa shape index (κ1) is 12.0. The van der Waals surface area contributed by atoms with Crippen LogP contribution >= 0.6 is 23.6 Å². The Kier molecular flexibility index (Phi) is 4.32. The van der Waals surface area contributed by atoms with E-state index in [0.717, 1.165) is 25.9 Å². The van der Waals surface area contributed by atoms with Crippen LogP contribution in [-0.4, -0.2) is 29.0 Å². The molecule has 0 aromatic carbocycles. The minimum absolute atomic E-state index is 0.337. The normalized spacial score (nSPS) is 22.1. The third kappa shape index (κ3) is 3.03. The van der Waals surface area contributed by atoms with Crippen molar-refractivity contribution in [3.8, 4) is 0 Å².